The van der Waals surface area contributed by atoms with Crippen LogP contribution < -0.4 is 5.32 Å². The SMILES string of the molecule is CCCCCCCC/C=C/CCCCCCCCCCCC(=O)OC(CCCCC/C=C/CCCCCCCCCCC)CC(=O)NC(CO)C(O)CCCCCCCCCCCCCC. The minimum Gasteiger partial charge on any atom is -0.462 e. The lowest BCUT2D eigenvalue weighted by Crippen LogP contribution is -2.46. The summed E-state index contributed by atoms with van der Waals surface area (Å²) in [6.45, 7) is 6.51. The van der Waals surface area contributed by atoms with E-state index in [4.69, 9.17) is 4.74 Å². The number of nitrogens with one attached hydrogen (secondary N) is 1. The highest BCUT2D eigenvalue weighted by molar-refractivity contribution is 5.77. The van der Waals surface area contributed by atoms with Crippen LogP contribution in [0.4, 0.5) is 0 Å². The van der Waals surface area contributed by atoms with Gasteiger partial charge < -0.3 is 20.3 Å². The van der Waals surface area contributed by atoms with Crippen molar-refractivity contribution in [1.29, 1.82) is 0 Å². The molecule has 0 aliphatic carbocycles. The Morgan fingerprint density at radius 3 is 1.09 bits per heavy atom. The number of carbonyl (C=O) groups excluding carboxylic acids is 2. The third kappa shape index (κ3) is 48.8. The van der Waals surface area contributed by atoms with Gasteiger partial charge in [0.15, 0.2) is 0 Å². The average molecular weight is 931 g/mol. The summed E-state index contributed by atoms with van der Waals surface area (Å²) in [6.07, 6.45) is 63.9. The van der Waals surface area contributed by atoms with E-state index in [9.17, 15) is 19.8 Å². The molecule has 0 aliphatic rings. The van der Waals surface area contributed by atoms with Crippen LogP contribution in [0.1, 0.15) is 323 Å². The van der Waals surface area contributed by atoms with E-state index in [0.29, 0.717) is 19.3 Å². The Morgan fingerprint density at radius 2 is 0.727 bits per heavy atom. The molecule has 0 rings (SSSR count). The van der Waals surface area contributed by atoms with Gasteiger partial charge in [-0.25, -0.2) is 0 Å². The summed E-state index contributed by atoms with van der Waals surface area (Å²) in [4.78, 5) is 26.3. The minimum atomic E-state index is -0.789. The molecule has 6 nitrogen and oxygen atoms in total. The van der Waals surface area contributed by atoms with Crippen LogP contribution in [-0.2, 0) is 14.3 Å². The van der Waals surface area contributed by atoms with Crippen LogP contribution in [0.15, 0.2) is 24.3 Å². The van der Waals surface area contributed by atoms with Crippen LogP contribution in [0.3, 0.4) is 0 Å². The van der Waals surface area contributed by atoms with E-state index in [2.05, 4.69) is 50.4 Å². The summed E-state index contributed by atoms with van der Waals surface area (Å²) in [7, 11) is 0. The third-order valence-corrected chi connectivity index (χ3v) is 13.8. The first-order chi connectivity index (χ1) is 32.5. The lowest BCUT2D eigenvalue weighted by molar-refractivity contribution is -0.151. The van der Waals surface area contributed by atoms with Crippen molar-refractivity contribution in [1.82, 2.24) is 5.32 Å². The van der Waals surface area contributed by atoms with Crippen molar-refractivity contribution in [3.8, 4) is 0 Å². The number of unbranched alkanes of at least 4 members (excludes halogenated alkanes) is 38. The van der Waals surface area contributed by atoms with Gasteiger partial charge in [0.2, 0.25) is 5.91 Å². The van der Waals surface area contributed by atoms with Crippen molar-refractivity contribution < 1.29 is 24.5 Å². The van der Waals surface area contributed by atoms with Crippen molar-refractivity contribution in [2.75, 3.05) is 6.61 Å². The molecular formula is C60H115NO5. The maximum absolute atomic E-state index is 13.3. The third-order valence-electron chi connectivity index (χ3n) is 13.8. The quantitative estimate of drug-likeness (QED) is 0.0321. The molecule has 0 aromatic carbocycles. The molecule has 0 aliphatic heterocycles. The number of hydrogen-bond donors (Lipinski definition) is 3. The van der Waals surface area contributed by atoms with E-state index in [1.54, 1.807) is 0 Å². The lowest BCUT2D eigenvalue weighted by atomic mass is 10.0. The van der Waals surface area contributed by atoms with Crippen molar-refractivity contribution in [3.63, 3.8) is 0 Å². The fourth-order valence-corrected chi connectivity index (χ4v) is 9.25. The first-order valence-corrected chi connectivity index (χ1v) is 29.6. The predicted octanol–water partition coefficient (Wildman–Crippen LogP) is 18.2. The molecular weight excluding hydrogens is 815 g/mol. The Hall–Kier alpha value is -1.66. The maximum atomic E-state index is 13.3. The molecule has 0 aromatic heterocycles. The van der Waals surface area contributed by atoms with Crippen molar-refractivity contribution in [2.24, 2.45) is 0 Å². The standard InChI is InChI=1S/C60H115NO5/c1-4-7-10-13-16-19-22-25-27-29-30-31-33-35-38-41-44-47-50-53-60(65)66-56(51-48-45-42-39-36-34-32-28-26-23-20-17-14-11-8-5-2)54-59(64)61-57(55-62)58(63)52-49-46-43-40-37-24-21-18-15-12-9-6-3/h25,27,34,36,56-58,62-63H,4-24,26,28-33,35,37-55H2,1-3H3,(H,61,64)/b27-25+,36-34+. The van der Waals surface area contributed by atoms with Gasteiger partial charge >= 0.3 is 5.97 Å². The van der Waals surface area contributed by atoms with E-state index >= 15 is 0 Å². The van der Waals surface area contributed by atoms with Gasteiger partial charge in [0.25, 0.3) is 0 Å². The summed E-state index contributed by atoms with van der Waals surface area (Å²) >= 11 is 0. The zero-order valence-corrected chi connectivity index (χ0v) is 44.6. The number of rotatable bonds is 54. The number of allylic oxidation sites excluding steroid dienone is 4. The van der Waals surface area contributed by atoms with Gasteiger partial charge in [0.1, 0.15) is 6.10 Å². The van der Waals surface area contributed by atoms with Gasteiger partial charge in [-0.3, -0.25) is 9.59 Å². The smallest absolute Gasteiger partial charge is 0.306 e. The van der Waals surface area contributed by atoms with Gasteiger partial charge in [-0.15, -0.1) is 0 Å². The summed E-state index contributed by atoms with van der Waals surface area (Å²) in [5.74, 6) is -0.473. The molecule has 3 N–H and O–H groups in total. The Bertz CT molecular complexity index is 1040. The highest BCUT2D eigenvalue weighted by Crippen LogP contribution is 2.18. The molecule has 0 aromatic rings. The Labute approximate surface area is 411 Å². The van der Waals surface area contributed by atoms with E-state index in [-0.39, 0.29) is 24.9 Å². The first-order valence-electron chi connectivity index (χ1n) is 29.6. The Kier molecular flexibility index (Phi) is 52.9. The second kappa shape index (κ2) is 54.3. The average Bonchev–Trinajstić information content (AvgIpc) is 3.31. The van der Waals surface area contributed by atoms with Gasteiger partial charge in [0, 0.05) is 6.42 Å². The van der Waals surface area contributed by atoms with Gasteiger partial charge in [-0.2, -0.15) is 0 Å². The largest absolute Gasteiger partial charge is 0.462 e. The number of carbonyl (C=O) groups is 2. The van der Waals surface area contributed by atoms with Crippen LogP contribution in [0.5, 0.6) is 0 Å². The predicted molar refractivity (Wildman–Crippen MR) is 287 cm³/mol. The number of esters is 1. The number of hydrogen-bond acceptors (Lipinski definition) is 5. The monoisotopic (exact) mass is 930 g/mol. The summed E-state index contributed by atoms with van der Waals surface area (Å²) < 4.78 is 5.96. The highest BCUT2D eigenvalue weighted by Gasteiger charge is 2.24. The Morgan fingerprint density at radius 1 is 0.424 bits per heavy atom. The molecule has 66 heavy (non-hydrogen) atoms. The molecule has 0 spiro atoms. The molecule has 3 unspecified atom stereocenters. The van der Waals surface area contributed by atoms with Crippen LogP contribution in [-0.4, -0.2) is 46.9 Å². The lowest BCUT2D eigenvalue weighted by Gasteiger charge is -2.24. The normalized spacial score (nSPS) is 13.2. The highest BCUT2D eigenvalue weighted by atomic mass is 16.5. The van der Waals surface area contributed by atoms with E-state index < -0.39 is 18.2 Å². The van der Waals surface area contributed by atoms with E-state index in [1.807, 2.05) is 0 Å². The van der Waals surface area contributed by atoms with Crippen molar-refractivity contribution in [3.05, 3.63) is 24.3 Å². The molecule has 0 saturated heterocycles. The molecule has 6 heteroatoms. The second-order valence-corrected chi connectivity index (χ2v) is 20.4. The maximum Gasteiger partial charge on any atom is 0.306 e. The van der Waals surface area contributed by atoms with Crippen molar-refractivity contribution >= 4 is 11.9 Å². The van der Waals surface area contributed by atoms with Crippen LogP contribution in [0, 0.1) is 0 Å². The number of aliphatic hydroxyl groups is 2. The van der Waals surface area contributed by atoms with Crippen LogP contribution in [0.25, 0.3) is 0 Å². The van der Waals surface area contributed by atoms with E-state index in [0.717, 1.165) is 57.8 Å². The molecule has 0 bridgehead atoms. The molecule has 0 saturated carbocycles. The molecule has 0 fully saturated rings. The van der Waals surface area contributed by atoms with Gasteiger partial charge in [-0.05, 0) is 77.0 Å². The molecule has 3 atom stereocenters. The summed E-state index contributed by atoms with van der Waals surface area (Å²) in [5, 5.41) is 23.9. The summed E-state index contributed by atoms with van der Waals surface area (Å²) in [6, 6.07) is -0.703. The van der Waals surface area contributed by atoms with E-state index in [1.165, 1.54) is 218 Å². The fraction of sp³-hybridized carbons (Fsp3) is 0.900. The molecule has 0 radical (unpaired) electrons. The van der Waals surface area contributed by atoms with Gasteiger partial charge in [0.05, 0.1) is 25.2 Å². The zero-order valence-electron chi connectivity index (χ0n) is 44.6. The number of amides is 1. The number of ether oxygens (including phenoxy) is 1. The van der Waals surface area contributed by atoms with Gasteiger partial charge in [-0.1, -0.05) is 257 Å². The first kappa shape index (κ1) is 64.3. The second-order valence-electron chi connectivity index (χ2n) is 20.4. The van der Waals surface area contributed by atoms with Crippen molar-refractivity contribution in [2.45, 2.75) is 341 Å². The summed E-state index contributed by atoms with van der Waals surface area (Å²) in [5.41, 5.74) is 0. The zero-order chi connectivity index (χ0) is 48.1. The topological polar surface area (TPSA) is 95.9 Å². The minimum absolute atomic E-state index is 0.0711. The molecule has 390 valence electrons. The molecule has 0 heterocycles. The van der Waals surface area contributed by atoms with Crippen LogP contribution >= 0.6 is 0 Å². The fourth-order valence-electron chi connectivity index (χ4n) is 9.25. The van der Waals surface area contributed by atoms with Crippen LogP contribution in [0.2, 0.25) is 0 Å². The Balaban J connectivity index is 4.53. The molecule has 1 amide bonds. The number of aliphatic hydroxyl groups excluding tert-OH is 2.